The predicted octanol–water partition coefficient (Wildman–Crippen LogP) is 3.40. The highest BCUT2D eigenvalue weighted by molar-refractivity contribution is 6.30. The van der Waals surface area contributed by atoms with Crippen LogP contribution in [0.2, 0.25) is 5.02 Å². The lowest BCUT2D eigenvalue weighted by molar-refractivity contribution is -0.134. The third-order valence-corrected chi connectivity index (χ3v) is 5.41. The summed E-state index contributed by atoms with van der Waals surface area (Å²) in [5.41, 5.74) is -0.294. The van der Waals surface area contributed by atoms with Gasteiger partial charge in [0, 0.05) is 42.2 Å². The van der Waals surface area contributed by atoms with Crippen molar-refractivity contribution in [2.24, 2.45) is 5.92 Å². The monoisotopic (exact) mass is 430 g/mol. The molecule has 0 saturated carbocycles. The molecule has 8 heteroatoms. The predicted molar refractivity (Wildman–Crippen MR) is 112 cm³/mol. The van der Waals surface area contributed by atoms with Gasteiger partial charge in [-0.2, -0.15) is 0 Å². The Morgan fingerprint density at radius 3 is 2.70 bits per heavy atom. The van der Waals surface area contributed by atoms with E-state index in [0.29, 0.717) is 41.8 Å². The second kappa shape index (κ2) is 8.07. The molecule has 1 N–H and O–H groups in total. The average molecular weight is 431 g/mol. The molecule has 2 heterocycles. The Balaban J connectivity index is 1.33. The number of hydrogen-bond acceptors (Lipinski definition) is 5. The van der Waals surface area contributed by atoms with Crippen molar-refractivity contribution in [3.63, 3.8) is 0 Å². The Hall–Kier alpha value is -2.93. The Labute approximate surface area is 179 Å². The van der Waals surface area contributed by atoms with E-state index in [1.54, 1.807) is 49.1 Å². The number of ether oxygens (including phenoxy) is 3. The number of halogens is 1. The van der Waals surface area contributed by atoms with Crippen molar-refractivity contribution in [2.45, 2.75) is 25.9 Å². The fourth-order valence-electron chi connectivity index (χ4n) is 3.51. The molecule has 2 aliphatic rings. The first-order valence-electron chi connectivity index (χ1n) is 9.75. The van der Waals surface area contributed by atoms with E-state index >= 15 is 0 Å². The van der Waals surface area contributed by atoms with Crippen LogP contribution in [0.15, 0.2) is 42.5 Å². The third kappa shape index (κ3) is 4.31. The third-order valence-electron chi connectivity index (χ3n) is 5.16. The first-order valence-corrected chi connectivity index (χ1v) is 10.1. The van der Waals surface area contributed by atoms with Gasteiger partial charge in [0.2, 0.25) is 12.7 Å². The molecular weight excluding hydrogens is 408 g/mol. The SMILES string of the molecule is CC(C)(Oc1ccc(Cl)cc1)C(=O)NC[C@@H]1CC(=O)N(c2ccc3c(c2)OCO3)C1. The van der Waals surface area contributed by atoms with E-state index in [1.165, 1.54) is 0 Å². The minimum Gasteiger partial charge on any atom is -0.478 e. The first kappa shape index (κ1) is 20.3. The second-order valence-corrected chi connectivity index (χ2v) is 8.32. The van der Waals surface area contributed by atoms with E-state index < -0.39 is 5.60 Å². The molecule has 2 aromatic rings. The van der Waals surface area contributed by atoms with Crippen LogP contribution in [0.4, 0.5) is 5.69 Å². The molecule has 0 aliphatic carbocycles. The van der Waals surface area contributed by atoms with E-state index in [-0.39, 0.29) is 24.5 Å². The molecule has 0 radical (unpaired) electrons. The highest BCUT2D eigenvalue weighted by atomic mass is 35.5. The fourth-order valence-corrected chi connectivity index (χ4v) is 3.64. The van der Waals surface area contributed by atoms with E-state index in [9.17, 15) is 9.59 Å². The summed E-state index contributed by atoms with van der Waals surface area (Å²) in [7, 11) is 0. The molecule has 1 atom stereocenters. The summed E-state index contributed by atoms with van der Waals surface area (Å²) >= 11 is 5.88. The van der Waals surface area contributed by atoms with E-state index in [4.69, 9.17) is 25.8 Å². The molecular formula is C22H23ClN2O5. The summed E-state index contributed by atoms with van der Waals surface area (Å²) in [6.07, 6.45) is 0.368. The van der Waals surface area contributed by atoms with Gasteiger partial charge in [0.25, 0.3) is 5.91 Å². The van der Waals surface area contributed by atoms with Crippen LogP contribution in [-0.2, 0) is 9.59 Å². The Morgan fingerprint density at radius 2 is 1.93 bits per heavy atom. The number of amides is 2. The standard InChI is InChI=1S/C22H23ClN2O5/c1-22(2,30-17-6-3-15(23)4-7-17)21(27)24-11-14-9-20(26)25(12-14)16-5-8-18-19(10-16)29-13-28-18/h3-8,10,14H,9,11-13H2,1-2H3,(H,24,27)/t14-/m0/s1. The Morgan fingerprint density at radius 1 is 1.20 bits per heavy atom. The number of carbonyl (C=O) groups is 2. The number of nitrogens with one attached hydrogen (secondary N) is 1. The minimum atomic E-state index is -1.06. The zero-order chi connectivity index (χ0) is 21.3. The maximum atomic E-state index is 12.7. The van der Waals surface area contributed by atoms with Crippen molar-refractivity contribution >= 4 is 29.1 Å². The fraction of sp³-hybridized carbons (Fsp3) is 0.364. The van der Waals surface area contributed by atoms with Crippen LogP contribution in [0, 0.1) is 5.92 Å². The summed E-state index contributed by atoms with van der Waals surface area (Å²) in [4.78, 5) is 26.9. The van der Waals surface area contributed by atoms with E-state index in [2.05, 4.69) is 5.32 Å². The summed E-state index contributed by atoms with van der Waals surface area (Å²) in [6, 6.07) is 12.3. The van der Waals surface area contributed by atoms with Gasteiger partial charge < -0.3 is 24.4 Å². The molecule has 1 saturated heterocycles. The van der Waals surface area contributed by atoms with Crippen LogP contribution in [0.3, 0.4) is 0 Å². The Bertz CT molecular complexity index is 961. The number of nitrogens with zero attached hydrogens (tertiary/aromatic N) is 1. The minimum absolute atomic E-state index is 0.0122. The van der Waals surface area contributed by atoms with Crippen LogP contribution >= 0.6 is 11.6 Å². The highest BCUT2D eigenvalue weighted by Crippen LogP contribution is 2.37. The largest absolute Gasteiger partial charge is 0.478 e. The van der Waals surface area contributed by atoms with Gasteiger partial charge in [0.1, 0.15) is 5.75 Å². The molecule has 30 heavy (non-hydrogen) atoms. The van der Waals surface area contributed by atoms with E-state index in [1.807, 2.05) is 12.1 Å². The lowest BCUT2D eigenvalue weighted by atomic mass is 10.1. The van der Waals surface area contributed by atoms with Crippen LogP contribution in [-0.4, -0.2) is 37.3 Å². The average Bonchev–Trinajstić information content (AvgIpc) is 3.33. The quantitative estimate of drug-likeness (QED) is 0.760. The topological polar surface area (TPSA) is 77.1 Å². The lowest BCUT2D eigenvalue weighted by Gasteiger charge is -2.26. The van der Waals surface area contributed by atoms with Gasteiger partial charge in [-0.25, -0.2) is 0 Å². The van der Waals surface area contributed by atoms with Crippen molar-refractivity contribution in [1.29, 1.82) is 0 Å². The zero-order valence-corrected chi connectivity index (χ0v) is 17.6. The summed E-state index contributed by atoms with van der Waals surface area (Å²) in [6.45, 7) is 4.51. The van der Waals surface area contributed by atoms with Gasteiger partial charge in [0.15, 0.2) is 17.1 Å². The number of anilines is 1. The van der Waals surface area contributed by atoms with Crippen molar-refractivity contribution in [2.75, 3.05) is 24.8 Å². The van der Waals surface area contributed by atoms with Crippen LogP contribution in [0.25, 0.3) is 0 Å². The molecule has 7 nitrogen and oxygen atoms in total. The summed E-state index contributed by atoms with van der Waals surface area (Å²) < 4.78 is 16.5. The van der Waals surface area contributed by atoms with Crippen molar-refractivity contribution in [1.82, 2.24) is 5.32 Å². The van der Waals surface area contributed by atoms with Crippen LogP contribution in [0.1, 0.15) is 20.3 Å². The maximum absolute atomic E-state index is 12.7. The van der Waals surface area contributed by atoms with Gasteiger partial charge in [0.05, 0.1) is 0 Å². The van der Waals surface area contributed by atoms with E-state index in [0.717, 1.165) is 5.69 Å². The second-order valence-electron chi connectivity index (χ2n) is 7.89. The Kier molecular flexibility index (Phi) is 5.47. The van der Waals surface area contributed by atoms with Gasteiger partial charge in [-0.05, 0) is 50.2 Å². The molecule has 158 valence electrons. The maximum Gasteiger partial charge on any atom is 0.263 e. The summed E-state index contributed by atoms with van der Waals surface area (Å²) in [5, 5.41) is 3.52. The first-order chi connectivity index (χ1) is 14.3. The number of hydrogen-bond donors (Lipinski definition) is 1. The van der Waals surface area contributed by atoms with Crippen molar-refractivity contribution < 1.29 is 23.8 Å². The molecule has 2 amide bonds. The molecule has 2 aromatic carbocycles. The van der Waals surface area contributed by atoms with Crippen LogP contribution in [0.5, 0.6) is 17.2 Å². The van der Waals surface area contributed by atoms with Gasteiger partial charge in [-0.15, -0.1) is 0 Å². The highest BCUT2D eigenvalue weighted by Gasteiger charge is 2.34. The molecule has 0 unspecified atom stereocenters. The van der Waals surface area contributed by atoms with Gasteiger partial charge in [-0.1, -0.05) is 11.6 Å². The van der Waals surface area contributed by atoms with Gasteiger partial charge in [-0.3, -0.25) is 9.59 Å². The van der Waals surface area contributed by atoms with Gasteiger partial charge >= 0.3 is 0 Å². The number of carbonyl (C=O) groups excluding carboxylic acids is 2. The number of fused-ring (bicyclic) bond motifs is 1. The zero-order valence-electron chi connectivity index (χ0n) is 16.8. The smallest absolute Gasteiger partial charge is 0.263 e. The normalized spacial score (nSPS) is 17.9. The van der Waals surface area contributed by atoms with Crippen LogP contribution < -0.4 is 24.4 Å². The molecule has 2 aliphatic heterocycles. The molecule has 0 bridgehead atoms. The molecule has 0 spiro atoms. The molecule has 0 aromatic heterocycles. The number of benzene rings is 2. The molecule has 1 fully saturated rings. The summed E-state index contributed by atoms with van der Waals surface area (Å²) in [5.74, 6) is 1.66. The van der Waals surface area contributed by atoms with Crippen molar-refractivity contribution in [3.8, 4) is 17.2 Å². The molecule has 4 rings (SSSR count). The lowest BCUT2D eigenvalue weighted by Crippen LogP contribution is -2.48. The number of rotatable bonds is 6. The van der Waals surface area contributed by atoms with Crippen molar-refractivity contribution in [3.05, 3.63) is 47.5 Å².